The van der Waals surface area contributed by atoms with Gasteiger partial charge in [0.15, 0.2) is 0 Å². The third-order valence-corrected chi connectivity index (χ3v) is 2.70. The number of fused-ring (bicyclic) bond motifs is 1. The minimum atomic E-state index is 0.227. The minimum Gasteiger partial charge on any atom is -0.507 e. The molecule has 0 aliphatic carbocycles. The largest absolute Gasteiger partial charge is 0.507 e. The van der Waals surface area contributed by atoms with Gasteiger partial charge in [-0.25, -0.2) is 0 Å². The lowest BCUT2D eigenvalue weighted by atomic mass is 10.2. The first kappa shape index (κ1) is 8.51. The normalized spacial score (nSPS) is 10.6. The first-order valence-electron chi connectivity index (χ1n) is 3.93. The number of hydrogen-bond donors (Lipinski definition) is 1. The van der Waals surface area contributed by atoms with E-state index in [1.807, 2.05) is 25.1 Å². The predicted octanol–water partition coefficient (Wildman–Crippen LogP) is 3.01. The van der Waals surface area contributed by atoms with E-state index in [0.29, 0.717) is 4.47 Å². The number of pyridine rings is 1. The van der Waals surface area contributed by atoms with Crippen LogP contribution in [-0.2, 0) is 0 Å². The SMILES string of the molecule is Cc1ccc2ccc(O)c(Br)c2n1. The van der Waals surface area contributed by atoms with Crippen molar-refractivity contribution in [2.75, 3.05) is 0 Å². The lowest BCUT2D eigenvalue weighted by molar-refractivity contribution is 0.473. The monoisotopic (exact) mass is 237 g/mol. The van der Waals surface area contributed by atoms with Gasteiger partial charge in [0.1, 0.15) is 5.75 Å². The van der Waals surface area contributed by atoms with Crippen LogP contribution in [0, 0.1) is 6.92 Å². The van der Waals surface area contributed by atoms with Gasteiger partial charge in [-0.15, -0.1) is 0 Å². The minimum absolute atomic E-state index is 0.227. The molecule has 0 saturated heterocycles. The van der Waals surface area contributed by atoms with E-state index in [1.54, 1.807) is 6.07 Å². The first-order valence-corrected chi connectivity index (χ1v) is 4.72. The number of hydrogen-bond acceptors (Lipinski definition) is 2. The fourth-order valence-corrected chi connectivity index (χ4v) is 1.69. The van der Waals surface area contributed by atoms with Gasteiger partial charge in [-0.3, -0.25) is 4.98 Å². The van der Waals surface area contributed by atoms with E-state index in [1.165, 1.54) is 0 Å². The summed E-state index contributed by atoms with van der Waals surface area (Å²) in [4.78, 5) is 4.33. The quantitative estimate of drug-likeness (QED) is 0.765. The average Bonchev–Trinajstić information content (AvgIpc) is 2.12. The third-order valence-electron chi connectivity index (χ3n) is 1.92. The average molecular weight is 238 g/mol. The number of nitrogens with zero attached hydrogens (tertiary/aromatic N) is 1. The van der Waals surface area contributed by atoms with Crippen molar-refractivity contribution in [1.29, 1.82) is 0 Å². The van der Waals surface area contributed by atoms with Crippen molar-refractivity contribution < 1.29 is 5.11 Å². The summed E-state index contributed by atoms with van der Waals surface area (Å²) in [6.07, 6.45) is 0. The maximum atomic E-state index is 9.42. The first-order chi connectivity index (χ1) is 6.18. The van der Waals surface area contributed by atoms with Crippen LogP contribution in [0.3, 0.4) is 0 Å². The van der Waals surface area contributed by atoms with Crippen molar-refractivity contribution in [2.45, 2.75) is 6.92 Å². The molecule has 1 N–H and O–H groups in total. The van der Waals surface area contributed by atoms with Crippen molar-refractivity contribution in [1.82, 2.24) is 4.98 Å². The van der Waals surface area contributed by atoms with Crippen LogP contribution in [0.2, 0.25) is 0 Å². The molecule has 0 saturated carbocycles. The van der Waals surface area contributed by atoms with Crippen LogP contribution < -0.4 is 0 Å². The Balaban J connectivity index is 2.89. The molecule has 0 spiro atoms. The highest BCUT2D eigenvalue weighted by Crippen LogP contribution is 2.30. The van der Waals surface area contributed by atoms with Gasteiger partial charge < -0.3 is 5.11 Å². The van der Waals surface area contributed by atoms with Crippen LogP contribution in [0.4, 0.5) is 0 Å². The Morgan fingerprint density at radius 1 is 1.23 bits per heavy atom. The molecular weight excluding hydrogens is 230 g/mol. The molecule has 0 aliphatic rings. The summed E-state index contributed by atoms with van der Waals surface area (Å²) in [5.41, 5.74) is 1.75. The molecule has 0 amide bonds. The van der Waals surface area contributed by atoms with E-state index in [9.17, 15) is 5.11 Å². The van der Waals surface area contributed by atoms with Crippen molar-refractivity contribution in [3.8, 4) is 5.75 Å². The van der Waals surface area contributed by atoms with E-state index >= 15 is 0 Å². The molecule has 2 rings (SSSR count). The van der Waals surface area contributed by atoms with Crippen molar-refractivity contribution >= 4 is 26.8 Å². The zero-order valence-corrected chi connectivity index (χ0v) is 8.67. The van der Waals surface area contributed by atoms with E-state index in [4.69, 9.17) is 0 Å². The topological polar surface area (TPSA) is 33.1 Å². The molecule has 1 aromatic heterocycles. The summed E-state index contributed by atoms with van der Waals surface area (Å²) in [5.74, 6) is 0.227. The second-order valence-corrected chi connectivity index (χ2v) is 3.72. The van der Waals surface area contributed by atoms with Gasteiger partial charge in [0.2, 0.25) is 0 Å². The van der Waals surface area contributed by atoms with Gasteiger partial charge in [0.05, 0.1) is 9.99 Å². The van der Waals surface area contributed by atoms with Gasteiger partial charge >= 0.3 is 0 Å². The Bertz CT molecular complexity index is 462. The van der Waals surface area contributed by atoms with Crippen molar-refractivity contribution in [3.05, 3.63) is 34.4 Å². The second kappa shape index (κ2) is 3.00. The summed E-state index contributed by atoms with van der Waals surface area (Å²) < 4.78 is 0.661. The predicted molar refractivity (Wildman–Crippen MR) is 55.8 cm³/mol. The van der Waals surface area contributed by atoms with Gasteiger partial charge in [0, 0.05) is 11.1 Å². The molecular formula is C10H8BrNO. The number of aromatic nitrogens is 1. The van der Waals surface area contributed by atoms with Gasteiger partial charge in [0.25, 0.3) is 0 Å². The maximum absolute atomic E-state index is 9.42. The van der Waals surface area contributed by atoms with E-state index in [0.717, 1.165) is 16.6 Å². The number of aryl methyl sites for hydroxylation is 1. The number of rotatable bonds is 0. The Labute approximate surface area is 84.4 Å². The fraction of sp³-hybridized carbons (Fsp3) is 0.100. The number of phenols is 1. The molecule has 13 heavy (non-hydrogen) atoms. The molecule has 1 heterocycles. The molecule has 0 atom stereocenters. The van der Waals surface area contributed by atoms with Crippen LogP contribution in [0.1, 0.15) is 5.69 Å². The lowest BCUT2D eigenvalue weighted by Gasteiger charge is -2.02. The van der Waals surface area contributed by atoms with Crippen LogP contribution >= 0.6 is 15.9 Å². The molecule has 0 radical (unpaired) electrons. The lowest BCUT2D eigenvalue weighted by Crippen LogP contribution is -1.84. The van der Waals surface area contributed by atoms with Gasteiger partial charge in [-0.05, 0) is 41.1 Å². The van der Waals surface area contributed by atoms with Gasteiger partial charge in [-0.2, -0.15) is 0 Å². The van der Waals surface area contributed by atoms with E-state index in [-0.39, 0.29) is 5.75 Å². The van der Waals surface area contributed by atoms with Crippen molar-refractivity contribution in [2.24, 2.45) is 0 Å². The number of benzene rings is 1. The standard InChI is InChI=1S/C10H8BrNO/c1-6-2-3-7-4-5-8(13)9(11)10(7)12-6/h2-5,13H,1H3. The van der Waals surface area contributed by atoms with Gasteiger partial charge in [-0.1, -0.05) is 6.07 Å². The number of phenolic OH excluding ortho intramolecular Hbond substituents is 1. The van der Waals surface area contributed by atoms with Crippen LogP contribution in [0.15, 0.2) is 28.7 Å². The summed E-state index contributed by atoms with van der Waals surface area (Å²) in [6.45, 7) is 1.93. The molecule has 0 aliphatic heterocycles. The second-order valence-electron chi connectivity index (χ2n) is 2.92. The number of aromatic hydroxyl groups is 1. The smallest absolute Gasteiger partial charge is 0.132 e. The summed E-state index contributed by atoms with van der Waals surface area (Å²) in [6, 6.07) is 7.44. The molecule has 3 heteroatoms. The van der Waals surface area contributed by atoms with Crippen molar-refractivity contribution in [3.63, 3.8) is 0 Å². The molecule has 2 nitrogen and oxygen atoms in total. The Hall–Kier alpha value is -1.09. The highest BCUT2D eigenvalue weighted by atomic mass is 79.9. The summed E-state index contributed by atoms with van der Waals surface area (Å²) in [5, 5.41) is 10.4. The van der Waals surface area contributed by atoms with E-state index in [2.05, 4.69) is 20.9 Å². The molecule has 66 valence electrons. The Kier molecular flexibility index (Phi) is 1.96. The molecule has 0 unspecified atom stereocenters. The Morgan fingerprint density at radius 2 is 1.92 bits per heavy atom. The zero-order valence-electron chi connectivity index (χ0n) is 7.08. The van der Waals surface area contributed by atoms with Crippen LogP contribution in [-0.4, -0.2) is 10.1 Å². The van der Waals surface area contributed by atoms with Crippen LogP contribution in [0.25, 0.3) is 10.9 Å². The molecule has 2 aromatic rings. The number of halogens is 1. The molecule has 1 aromatic carbocycles. The van der Waals surface area contributed by atoms with Crippen LogP contribution in [0.5, 0.6) is 5.75 Å². The summed E-state index contributed by atoms with van der Waals surface area (Å²) >= 11 is 3.30. The molecule has 0 fully saturated rings. The van der Waals surface area contributed by atoms with E-state index < -0.39 is 0 Å². The third kappa shape index (κ3) is 1.40. The molecule has 0 bridgehead atoms. The zero-order chi connectivity index (χ0) is 9.42. The maximum Gasteiger partial charge on any atom is 0.132 e. The highest BCUT2D eigenvalue weighted by molar-refractivity contribution is 9.10. The summed E-state index contributed by atoms with van der Waals surface area (Å²) in [7, 11) is 0. The fourth-order valence-electron chi connectivity index (χ4n) is 1.24. The highest BCUT2D eigenvalue weighted by Gasteiger charge is 2.04. The Morgan fingerprint density at radius 3 is 2.69 bits per heavy atom.